The van der Waals surface area contributed by atoms with Crippen LogP contribution in [0.15, 0.2) is 24.3 Å². The average Bonchev–Trinajstić information content (AvgIpc) is 2.26. The molecule has 100 valence electrons. The Kier molecular flexibility index (Phi) is 5.08. The van der Waals surface area contributed by atoms with Crippen molar-refractivity contribution in [1.82, 2.24) is 0 Å². The van der Waals surface area contributed by atoms with E-state index in [4.69, 9.17) is 0 Å². The van der Waals surface area contributed by atoms with Gasteiger partial charge in [-0.3, -0.25) is 4.79 Å². The van der Waals surface area contributed by atoms with Crippen molar-refractivity contribution < 1.29 is 9.90 Å². The monoisotopic (exact) mass is 267 g/mol. The first-order valence-corrected chi connectivity index (χ1v) is 7.05. The lowest BCUT2D eigenvalue weighted by atomic mass is 10.2. The van der Waals surface area contributed by atoms with E-state index < -0.39 is 0 Å². The van der Waals surface area contributed by atoms with Crippen LogP contribution in [0.1, 0.15) is 27.7 Å². The summed E-state index contributed by atoms with van der Waals surface area (Å²) in [5.41, 5.74) is 0.747. The Morgan fingerprint density at radius 3 is 2.56 bits per heavy atom. The number of benzene rings is 1. The van der Waals surface area contributed by atoms with E-state index in [1.54, 1.807) is 34.9 Å². The molecule has 0 heterocycles. The van der Waals surface area contributed by atoms with Crippen molar-refractivity contribution in [2.24, 2.45) is 0 Å². The summed E-state index contributed by atoms with van der Waals surface area (Å²) in [5.74, 6) is 0.706. The normalized spacial score (nSPS) is 11.3. The summed E-state index contributed by atoms with van der Waals surface area (Å²) >= 11 is 1.63. The lowest BCUT2D eigenvalue weighted by Gasteiger charge is -2.23. The highest BCUT2D eigenvalue weighted by molar-refractivity contribution is 8.01. The Balaban J connectivity index is 2.75. The molecule has 1 amide bonds. The van der Waals surface area contributed by atoms with Gasteiger partial charge in [-0.2, -0.15) is 0 Å². The molecule has 0 atom stereocenters. The zero-order valence-corrected chi connectivity index (χ0v) is 12.3. The average molecular weight is 267 g/mol. The molecule has 1 aromatic carbocycles. The number of rotatable bonds is 4. The lowest BCUT2D eigenvalue weighted by molar-refractivity contribution is -0.116. The molecule has 0 aromatic heterocycles. The number of amides is 1. The maximum Gasteiger partial charge on any atom is 0.236 e. The Hall–Kier alpha value is -1.16. The van der Waals surface area contributed by atoms with Crippen LogP contribution < -0.4 is 4.90 Å². The van der Waals surface area contributed by atoms with Crippen molar-refractivity contribution in [2.75, 3.05) is 17.2 Å². The molecule has 0 aliphatic rings. The number of anilines is 1. The summed E-state index contributed by atoms with van der Waals surface area (Å²) in [4.78, 5) is 13.8. The van der Waals surface area contributed by atoms with Crippen LogP contribution in [0.3, 0.4) is 0 Å². The molecule has 0 radical (unpaired) electrons. The molecule has 0 saturated carbocycles. The topological polar surface area (TPSA) is 40.5 Å². The van der Waals surface area contributed by atoms with E-state index in [1.165, 1.54) is 0 Å². The molecule has 18 heavy (non-hydrogen) atoms. The van der Waals surface area contributed by atoms with Gasteiger partial charge in [0.25, 0.3) is 0 Å². The van der Waals surface area contributed by atoms with E-state index in [2.05, 4.69) is 20.8 Å². The van der Waals surface area contributed by atoms with Gasteiger partial charge < -0.3 is 10.0 Å². The smallest absolute Gasteiger partial charge is 0.236 e. The van der Waals surface area contributed by atoms with Gasteiger partial charge in [-0.15, -0.1) is 11.8 Å². The van der Waals surface area contributed by atoms with Crippen LogP contribution in [0, 0.1) is 0 Å². The number of aromatic hydroxyl groups is 1. The zero-order chi connectivity index (χ0) is 13.8. The molecule has 0 spiro atoms. The third-order valence-corrected chi connectivity index (χ3v) is 3.64. The summed E-state index contributed by atoms with van der Waals surface area (Å²) in [6, 6.07) is 6.80. The molecule has 1 aromatic rings. The van der Waals surface area contributed by atoms with E-state index in [0.29, 0.717) is 12.3 Å². The van der Waals surface area contributed by atoms with Gasteiger partial charge in [0, 0.05) is 23.0 Å². The van der Waals surface area contributed by atoms with E-state index in [-0.39, 0.29) is 16.4 Å². The molecule has 3 nitrogen and oxygen atoms in total. The minimum Gasteiger partial charge on any atom is -0.508 e. The first kappa shape index (κ1) is 14.9. The highest BCUT2D eigenvalue weighted by atomic mass is 32.2. The second-order valence-corrected chi connectivity index (χ2v) is 6.86. The van der Waals surface area contributed by atoms with Gasteiger partial charge in [-0.1, -0.05) is 26.8 Å². The maximum atomic E-state index is 12.2. The Labute approximate surface area is 113 Å². The van der Waals surface area contributed by atoms with Crippen molar-refractivity contribution in [3.05, 3.63) is 24.3 Å². The van der Waals surface area contributed by atoms with Gasteiger partial charge >= 0.3 is 0 Å². The minimum atomic E-state index is 0.0722. The predicted molar refractivity (Wildman–Crippen MR) is 78.3 cm³/mol. The molecule has 1 rings (SSSR count). The van der Waals surface area contributed by atoms with Crippen molar-refractivity contribution in [3.8, 4) is 5.75 Å². The molecule has 0 saturated heterocycles. The molecular weight excluding hydrogens is 246 g/mol. The Morgan fingerprint density at radius 1 is 1.39 bits per heavy atom. The fourth-order valence-electron chi connectivity index (χ4n) is 1.52. The van der Waals surface area contributed by atoms with Crippen LogP contribution >= 0.6 is 11.8 Å². The minimum absolute atomic E-state index is 0.0722. The van der Waals surface area contributed by atoms with Gasteiger partial charge in [0.2, 0.25) is 5.91 Å². The summed E-state index contributed by atoms with van der Waals surface area (Å²) in [6.07, 6.45) is 0. The van der Waals surface area contributed by atoms with E-state index in [9.17, 15) is 9.90 Å². The molecule has 0 aliphatic heterocycles. The number of hydrogen-bond acceptors (Lipinski definition) is 3. The highest BCUT2D eigenvalue weighted by Crippen LogP contribution is 2.25. The highest BCUT2D eigenvalue weighted by Gasteiger charge is 2.18. The number of hydrogen-bond donors (Lipinski definition) is 1. The van der Waals surface area contributed by atoms with Gasteiger partial charge in [0.15, 0.2) is 0 Å². The number of carbonyl (C=O) groups is 1. The fraction of sp³-hybridized carbons (Fsp3) is 0.500. The number of phenols is 1. The second-order valence-electron chi connectivity index (χ2n) is 5.06. The second kappa shape index (κ2) is 6.14. The fourth-order valence-corrected chi connectivity index (χ4v) is 2.23. The van der Waals surface area contributed by atoms with Crippen LogP contribution in [0.2, 0.25) is 0 Å². The van der Waals surface area contributed by atoms with Crippen LogP contribution in [-0.2, 0) is 4.79 Å². The van der Waals surface area contributed by atoms with E-state index in [1.807, 2.05) is 13.0 Å². The third kappa shape index (κ3) is 4.61. The Morgan fingerprint density at radius 2 is 2.06 bits per heavy atom. The molecular formula is C14H21NO2S. The zero-order valence-electron chi connectivity index (χ0n) is 11.4. The van der Waals surface area contributed by atoms with Crippen LogP contribution in [0.5, 0.6) is 5.75 Å². The standard InChI is InChI=1S/C14H21NO2S/c1-5-15(11-7-6-8-12(16)9-11)13(17)10-18-14(2,3)4/h6-9,16H,5,10H2,1-4H3. The number of nitrogens with zero attached hydrogens (tertiary/aromatic N) is 1. The molecule has 4 heteroatoms. The summed E-state index contributed by atoms with van der Waals surface area (Å²) in [5, 5.41) is 9.46. The summed E-state index contributed by atoms with van der Waals surface area (Å²) in [6.45, 7) is 8.82. The Bertz CT molecular complexity index is 413. The van der Waals surface area contributed by atoms with Gasteiger partial charge in [0.05, 0.1) is 5.75 Å². The SMILES string of the molecule is CCN(C(=O)CSC(C)(C)C)c1cccc(O)c1. The first-order chi connectivity index (χ1) is 8.33. The van der Waals surface area contributed by atoms with Crippen molar-refractivity contribution in [1.29, 1.82) is 0 Å². The predicted octanol–water partition coefficient (Wildman–Crippen LogP) is 3.28. The lowest BCUT2D eigenvalue weighted by Crippen LogP contribution is -2.33. The van der Waals surface area contributed by atoms with Gasteiger partial charge in [0.1, 0.15) is 5.75 Å². The van der Waals surface area contributed by atoms with Crippen LogP contribution in [0.25, 0.3) is 0 Å². The molecule has 0 bridgehead atoms. The van der Waals surface area contributed by atoms with Crippen molar-refractivity contribution in [3.63, 3.8) is 0 Å². The van der Waals surface area contributed by atoms with Gasteiger partial charge in [-0.05, 0) is 19.1 Å². The molecule has 0 aliphatic carbocycles. The number of carbonyl (C=O) groups excluding carboxylic acids is 1. The number of phenolic OH excluding ortho intramolecular Hbond substituents is 1. The number of thioether (sulfide) groups is 1. The van der Waals surface area contributed by atoms with E-state index >= 15 is 0 Å². The summed E-state index contributed by atoms with van der Waals surface area (Å²) in [7, 11) is 0. The van der Waals surface area contributed by atoms with Crippen LogP contribution in [-0.4, -0.2) is 28.1 Å². The van der Waals surface area contributed by atoms with Crippen LogP contribution in [0.4, 0.5) is 5.69 Å². The van der Waals surface area contributed by atoms with Gasteiger partial charge in [-0.25, -0.2) is 0 Å². The molecule has 0 unspecified atom stereocenters. The third-order valence-electron chi connectivity index (χ3n) is 2.39. The largest absolute Gasteiger partial charge is 0.508 e. The first-order valence-electron chi connectivity index (χ1n) is 6.07. The molecule has 0 fully saturated rings. The van der Waals surface area contributed by atoms with Crippen molar-refractivity contribution >= 4 is 23.4 Å². The van der Waals surface area contributed by atoms with E-state index in [0.717, 1.165) is 5.69 Å². The maximum absolute atomic E-state index is 12.2. The quantitative estimate of drug-likeness (QED) is 0.910. The summed E-state index contributed by atoms with van der Waals surface area (Å²) < 4.78 is 0.0773. The molecule has 1 N–H and O–H groups in total. The van der Waals surface area contributed by atoms with Crippen molar-refractivity contribution in [2.45, 2.75) is 32.4 Å².